The van der Waals surface area contributed by atoms with Gasteiger partial charge < -0.3 is 0 Å². The first kappa shape index (κ1) is 18.8. The minimum Gasteiger partial charge on any atom is -0.236 e. The molecule has 5 aromatic rings. The van der Waals surface area contributed by atoms with Crippen molar-refractivity contribution >= 4 is 0 Å². The molecule has 0 atom stereocenters. The summed E-state index contributed by atoms with van der Waals surface area (Å²) in [6.45, 7) is 2.08. The van der Waals surface area contributed by atoms with Crippen molar-refractivity contribution in [1.29, 1.82) is 0 Å². The molecule has 0 aliphatic carbocycles. The Labute approximate surface area is 181 Å². The van der Waals surface area contributed by atoms with Gasteiger partial charge in [-0.15, -0.1) is 0 Å². The Morgan fingerprint density at radius 3 is 1.26 bits per heavy atom. The first-order valence-electron chi connectivity index (χ1n) is 10.1. The molecule has 0 aliphatic heterocycles. The maximum atomic E-state index is 4.56. The molecule has 0 amide bonds. The topological polar surface area (TPSA) is 51.6 Å². The van der Waals surface area contributed by atoms with E-state index in [1.54, 1.807) is 0 Å². The second kappa shape index (κ2) is 8.28. The minimum absolute atomic E-state index is 0.707. The molecular weight excluding hydrogens is 380 g/mol. The molecule has 0 N–H and O–H groups in total. The molecular formula is C27H20N4. The minimum atomic E-state index is 0.707. The third kappa shape index (κ3) is 4.09. The van der Waals surface area contributed by atoms with Crippen molar-refractivity contribution in [3.63, 3.8) is 0 Å². The van der Waals surface area contributed by atoms with Crippen LogP contribution in [0.15, 0.2) is 104 Å². The van der Waals surface area contributed by atoms with E-state index in [1.807, 2.05) is 79.4 Å². The Morgan fingerprint density at radius 1 is 0.387 bits per heavy atom. The molecule has 0 saturated heterocycles. The van der Waals surface area contributed by atoms with E-state index in [1.165, 1.54) is 5.56 Å². The highest BCUT2D eigenvalue weighted by atomic mass is 14.9. The Morgan fingerprint density at radius 2 is 0.774 bits per heavy atom. The summed E-state index contributed by atoms with van der Waals surface area (Å²) in [7, 11) is 0. The lowest BCUT2D eigenvalue weighted by Gasteiger charge is -2.06. The van der Waals surface area contributed by atoms with Crippen LogP contribution >= 0.6 is 0 Å². The summed E-state index contributed by atoms with van der Waals surface area (Å²) in [5.41, 5.74) is 7.38. The summed E-state index contributed by atoms with van der Waals surface area (Å²) in [6.07, 6.45) is 7.46. The number of nitrogens with zero attached hydrogens (tertiary/aromatic N) is 4. The highest BCUT2D eigenvalue weighted by molar-refractivity contribution is 5.68. The maximum absolute atomic E-state index is 4.56. The van der Waals surface area contributed by atoms with Crippen LogP contribution in [0.5, 0.6) is 0 Å². The number of hydrogen-bond acceptors (Lipinski definition) is 4. The average molecular weight is 400 g/mol. The van der Waals surface area contributed by atoms with Gasteiger partial charge in [0.25, 0.3) is 0 Å². The van der Waals surface area contributed by atoms with Crippen molar-refractivity contribution in [2.45, 2.75) is 6.92 Å². The van der Waals surface area contributed by atoms with Gasteiger partial charge in [-0.3, -0.25) is 0 Å². The predicted molar refractivity (Wildman–Crippen MR) is 124 cm³/mol. The van der Waals surface area contributed by atoms with Gasteiger partial charge in [-0.25, -0.2) is 19.9 Å². The van der Waals surface area contributed by atoms with Crippen LogP contribution in [0.3, 0.4) is 0 Å². The Kier molecular flexibility index (Phi) is 5.03. The third-order valence-corrected chi connectivity index (χ3v) is 5.20. The van der Waals surface area contributed by atoms with Gasteiger partial charge in [0.05, 0.1) is 0 Å². The van der Waals surface area contributed by atoms with Crippen LogP contribution in [0.2, 0.25) is 0 Å². The van der Waals surface area contributed by atoms with Crippen molar-refractivity contribution in [3.8, 4) is 45.0 Å². The van der Waals surface area contributed by atoms with Crippen LogP contribution in [-0.2, 0) is 0 Å². The van der Waals surface area contributed by atoms with E-state index in [9.17, 15) is 0 Å². The lowest BCUT2D eigenvalue weighted by molar-refractivity contribution is 1.17. The van der Waals surface area contributed by atoms with Gasteiger partial charge >= 0.3 is 0 Å². The van der Waals surface area contributed by atoms with Crippen LogP contribution in [0.1, 0.15) is 5.56 Å². The molecule has 2 aromatic heterocycles. The molecule has 0 unspecified atom stereocenters. The quantitative estimate of drug-likeness (QED) is 0.358. The fourth-order valence-corrected chi connectivity index (χ4v) is 3.40. The first-order valence-corrected chi connectivity index (χ1v) is 10.1. The summed E-state index contributed by atoms with van der Waals surface area (Å²) in [6, 6.07) is 26.5. The molecule has 5 rings (SSSR count). The molecule has 0 aliphatic rings. The Balaban J connectivity index is 1.34. The lowest BCUT2D eigenvalue weighted by atomic mass is 10.1. The lowest BCUT2D eigenvalue weighted by Crippen LogP contribution is -1.91. The molecule has 0 fully saturated rings. The van der Waals surface area contributed by atoms with E-state index >= 15 is 0 Å². The normalized spacial score (nSPS) is 10.7. The molecule has 0 bridgehead atoms. The van der Waals surface area contributed by atoms with E-state index in [0.29, 0.717) is 5.82 Å². The van der Waals surface area contributed by atoms with Crippen LogP contribution in [-0.4, -0.2) is 19.9 Å². The van der Waals surface area contributed by atoms with Crippen LogP contribution in [0.25, 0.3) is 45.0 Å². The van der Waals surface area contributed by atoms with Crippen LogP contribution in [0, 0.1) is 6.92 Å². The van der Waals surface area contributed by atoms with Crippen molar-refractivity contribution in [1.82, 2.24) is 19.9 Å². The molecule has 2 heterocycles. The van der Waals surface area contributed by atoms with Gasteiger partial charge in [-0.05, 0) is 18.1 Å². The van der Waals surface area contributed by atoms with Gasteiger partial charge in [0, 0.05) is 47.0 Å². The van der Waals surface area contributed by atoms with E-state index in [2.05, 4.69) is 51.1 Å². The van der Waals surface area contributed by atoms with Gasteiger partial charge in [-0.2, -0.15) is 0 Å². The number of rotatable bonds is 4. The third-order valence-electron chi connectivity index (χ3n) is 5.20. The number of hydrogen-bond donors (Lipinski definition) is 0. The Bertz CT molecular complexity index is 1280. The van der Waals surface area contributed by atoms with E-state index in [0.717, 1.165) is 39.2 Å². The second-order valence-electron chi connectivity index (χ2n) is 7.40. The molecule has 0 spiro atoms. The van der Waals surface area contributed by atoms with E-state index in [-0.39, 0.29) is 0 Å². The van der Waals surface area contributed by atoms with Crippen molar-refractivity contribution in [2.24, 2.45) is 0 Å². The maximum Gasteiger partial charge on any atom is 0.159 e. The van der Waals surface area contributed by atoms with Gasteiger partial charge in [0.2, 0.25) is 0 Å². The zero-order valence-corrected chi connectivity index (χ0v) is 17.1. The van der Waals surface area contributed by atoms with Gasteiger partial charge in [0.15, 0.2) is 11.6 Å². The monoisotopic (exact) mass is 400 g/mol. The van der Waals surface area contributed by atoms with Crippen molar-refractivity contribution in [3.05, 3.63) is 109 Å². The fraction of sp³-hybridized carbons (Fsp3) is 0.0370. The molecule has 0 radical (unpaired) electrons. The standard InChI is InChI=1S/C27H20N4/c1-19-7-9-20(10-8-19)24-15-30-27(31-16-24)23-13-11-21(12-14-23)25-17-28-26(29-18-25)22-5-3-2-4-6-22/h2-18H,1H3. The summed E-state index contributed by atoms with van der Waals surface area (Å²) in [4.78, 5) is 18.1. The van der Waals surface area contributed by atoms with E-state index in [4.69, 9.17) is 0 Å². The number of aromatic nitrogens is 4. The Hall–Kier alpha value is -4.18. The van der Waals surface area contributed by atoms with Crippen molar-refractivity contribution < 1.29 is 0 Å². The van der Waals surface area contributed by atoms with Crippen molar-refractivity contribution in [2.75, 3.05) is 0 Å². The summed E-state index contributed by atoms with van der Waals surface area (Å²) in [5.74, 6) is 1.43. The second-order valence-corrected chi connectivity index (χ2v) is 7.40. The molecule has 3 aromatic carbocycles. The first-order chi connectivity index (χ1) is 15.3. The molecule has 4 nitrogen and oxygen atoms in total. The zero-order chi connectivity index (χ0) is 21.0. The van der Waals surface area contributed by atoms with E-state index < -0.39 is 0 Å². The SMILES string of the molecule is Cc1ccc(-c2cnc(-c3ccc(-c4cnc(-c5ccccc5)nc4)cc3)nc2)cc1. The summed E-state index contributed by atoms with van der Waals surface area (Å²) < 4.78 is 0. The molecule has 4 heteroatoms. The predicted octanol–water partition coefficient (Wildman–Crippen LogP) is 6.24. The molecule has 31 heavy (non-hydrogen) atoms. The summed E-state index contributed by atoms with van der Waals surface area (Å²) >= 11 is 0. The largest absolute Gasteiger partial charge is 0.236 e. The smallest absolute Gasteiger partial charge is 0.159 e. The van der Waals surface area contributed by atoms with Gasteiger partial charge in [-0.1, -0.05) is 84.4 Å². The fourth-order valence-electron chi connectivity index (χ4n) is 3.40. The van der Waals surface area contributed by atoms with Crippen LogP contribution in [0.4, 0.5) is 0 Å². The van der Waals surface area contributed by atoms with Crippen LogP contribution < -0.4 is 0 Å². The summed E-state index contributed by atoms with van der Waals surface area (Å²) in [5, 5.41) is 0. The average Bonchev–Trinajstić information content (AvgIpc) is 2.85. The molecule has 148 valence electrons. The molecule has 0 saturated carbocycles. The highest BCUT2D eigenvalue weighted by Gasteiger charge is 2.06. The zero-order valence-electron chi connectivity index (χ0n) is 17.1. The number of aryl methyl sites for hydroxylation is 1. The number of benzene rings is 3. The van der Waals surface area contributed by atoms with Gasteiger partial charge in [0.1, 0.15) is 0 Å². The highest BCUT2D eigenvalue weighted by Crippen LogP contribution is 2.25.